The zero-order valence-electron chi connectivity index (χ0n) is 10.1. The number of nitrogens with zero attached hydrogens (tertiary/aromatic N) is 1. The van der Waals surface area contributed by atoms with Gasteiger partial charge in [0.1, 0.15) is 21.2 Å². The molecule has 7 nitrogen and oxygen atoms in total. The third-order valence-electron chi connectivity index (χ3n) is 2.08. The Balaban J connectivity index is 2.85. The zero-order valence-corrected chi connectivity index (χ0v) is 11.0. The van der Waals surface area contributed by atoms with Gasteiger partial charge in [-0.3, -0.25) is 0 Å². The number of carbonyl (C=O) groups excluding carboxylic acids is 1. The summed E-state index contributed by atoms with van der Waals surface area (Å²) in [6, 6.07) is 1.42. The summed E-state index contributed by atoms with van der Waals surface area (Å²) in [6.07, 6.45) is 2.50. The highest BCUT2D eigenvalue weighted by Crippen LogP contribution is 2.16. The number of sulfone groups is 1. The summed E-state index contributed by atoms with van der Waals surface area (Å²) in [5, 5.41) is 2.77. The van der Waals surface area contributed by atoms with Crippen LogP contribution in [-0.2, 0) is 14.6 Å². The SMILES string of the molecule is COC(=O)c1cc(N)cnc1NCCS(C)(=O)=O. The Morgan fingerprint density at radius 1 is 1.56 bits per heavy atom. The molecule has 0 fully saturated rings. The first kappa shape index (κ1) is 14.2. The molecule has 0 saturated heterocycles. The van der Waals surface area contributed by atoms with Crippen molar-refractivity contribution in [3.63, 3.8) is 0 Å². The molecule has 0 saturated carbocycles. The molecule has 0 radical (unpaired) electrons. The molecule has 0 bridgehead atoms. The van der Waals surface area contributed by atoms with Gasteiger partial charge in [-0.05, 0) is 6.07 Å². The van der Waals surface area contributed by atoms with Crippen LogP contribution in [0.5, 0.6) is 0 Å². The first-order valence-corrected chi connectivity index (χ1v) is 7.15. The van der Waals surface area contributed by atoms with Gasteiger partial charge in [-0.2, -0.15) is 0 Å². The lowest BCUT2D eigenvalue weighted by atomic mass is 10.2. The fourth-order valence-electron chi connectivity index (χ4n) is 1.24. The molecular formula is C10H15N3O4S. The van der Waals surface area contributed by atoms with Gasteiger partial charge in [0.15, 0.2) is 0 Å². The van der Waals surface area contributed by atoms with Crippen LogP contribution in [0.4, 0.5) is 11.5 Å². The van der Waals surface area contributed by atoms with Crippen molar-refractivity contribution in [1.29, 1.82) is 0 Å². The molecule has 1 aromatic rings. The van der Waals surface area contributed by atoms with Crippen molar-refractivity contribution in [2.75, 3.05) is 36.7 Å². The predicted octanol–water partition coefficient (Wildman–Crippen LogP) is -0.0931. The van der Waals surface area contributed by atoms with Gasteiger partial charge in [0.25, 0.3) is 0 Å². The summed E-state index contributed by atoms with van der Waals surface area (Å²) in [4.78, 5) is 15.4. The molecule has 0 aliphatic heterocycles. The number of methoxy groups -OCH3 is 1. The number of hydrogen-bond acceptors (Lipinski definition) is 7. The minimum absolute atomic E-state index is 0.0559. The molecule has 0 unspecified atom stereocenters. The third kappa shape index (κ3) is 4.21. The van der Waals surface area contributed by atoms with Gasteiger partial charge in [0.05, 0.1) is 24.7 Å². The number of carbonyl (C=O) groups is 1. The first-order valence-electron chi connectivity index (χ1n) is 5.09. The second-order valence-corrected chi connectivity index (χ2v) is 5.97. The number of pyridine rings is 1. The van der Waals surface area contributed by atoms with Crippen LogP contribution < -0.4 is 11.1 Å². The zero-order chi connectivity index (χ0) is 13.8. The van der Waals surface area contributed by atoms with E-state index in [4.69, 9.17) is 5.73 Å². The Hall–Kier alpha value is -1.83. The van der Waals surface area contributed by atoms with Gasteiger partial charge < -0.3 is 15.8 Å². The van der Waals surface area contributed by atoms with Gasteiger partial charge in [-0.15, -0.1) is 0 Å². The second-order valence-electron chi connectivity index (χ2n) is 3.71. The highest BCUT2D eigenvalue weighted by Gasteiger charge is 2.14. The summed E-state index contributed by atoms with van der Waals surface area (Å²) < 4.78 is 26.5. The number of ether oxygens (including phenoxy) is 1. The van der Waals surface area contributed by atoms with E-state index in [0.29, 0.717) is 5.69 Å². The van der Waals surface area contributed by atoms with E-state index in [9.17, 15) is 13.2 Å². The van der Waals surface area contributed by atoms with E-state index >= 15 is 0 Å². The maximum atomic E-state index is 11.5. The molecule has 1 heterocycles. The van der Waals surface area contributed by atoms with Crippen LogP contribution in [0.25, 0.3) is 0 Å². The van der Waals surface area contributed by atoms with Crippen molar-refractivity contribution in [2.24, 2.45) is 0 Å². The maximum Gasteiger partial charge on any atom is 0.341 e. The fourth-order valence-corrected chi connectivity index (χ4v) is 1.72. The summed E-state index contributed by atoms with van der Waals surface area (Å²) in [6.45, 7) is 0.153. The lowest BCUT2D eigenvalue weighted by Gasteiger charge is -2.09. The predicted molar refractivity (Wildman–Crippen MR) is 68.2 cm³/mol. The third-order valence-corrected chi connectivity index (χ3v) is 3.03. The smallest absolute Gasteiger partial charge is 0.341 e. The van der Waals surface area contributed by atoms with E-state index in [1.807, 2.05) is 0 Å². The molecule has 3 N–H and O–H groups in total. The van der Waals surface area contributed by atoms with Gasteiger partial charge in [-0.25, -0.2) is 18.2 Å². The quantitative estimate of drug-likeness (QED) is 0.721. The second kappa shape index (κ2) is 5.67. The van der Waals surface area contributed by atoms with Gasteiger partial charge >= 0.3 is 5.97 Å². The number of hydrogen-bond donors (Lipinski definition) is 2. The monoisotopic (exact) mass is 273 g/mol. The topological polar surface area (TPSA) is 111 Å². The van der Waals surface area contributed by atoms with Crippen LogP contribution in [0, 0.1) is 0 Å². The molecule has 1 aromatic heterocycles. The minimum Gasteiger partial charge on any atom is -0.465 e. The van der Waals surface area contributed by atoms with Crippen LogP contribution >= 0.6 is 0 Å². The Morgan fingerprint density at radius 2 is 2.22 bits per heavy atom. The van der Waals surface area contributed by atoms with E-state index < -0.39 is 15.8 Å². The van der Waals surface area contributed by atoms with Gasteiger partial charge in [0, 0.05) is 12.8 Å². The maximum absolute atomic E-state index is 11.5. The minimum atomic E-state index is -3.07. The van der Waals surface area contributed by atoms with Crippen molar-refractivity contribution < 1.29 is 17.9 Å². The van der Waals surface area contributed by atoms with Crippen LogP contribution in [-0.4, -0.2) is 45.0 Å². The molecule has 0 amide bonds. The van der Waals surface area contributed by atoms with E-state index in [1.165, 1.54) is 19.4 Å². The van der Waals surface area contributed by atoms with Crippen LogP contribution in [0.2, 0.25) is 0 Å². The molecule has 8 heteroatoms. The highest BCUT2D eigenvalue weighted by atomic mass is 32.2. The summed E-state index contributed by atoms with van der Waals surface area (Å²) in [5.74, 6) is -0.393. The van der Waals surface area contributed by atoms with Gasteiger partial charge in [0.2, 0.25) is 0 Å². The van der Waals surface area contributed by atoms with E-state index in [0.717, 1.165) is 6.26 Å². The largest absolute Gasteiger partial charge is 0.465 e. The standard InChI is InChI=1S/C10H15N3O4S/c1-17-10(14)8-5-7(11)6-13-9(8)12-3-4-18(2,15)16/h5-6H,3-4,11H2,1-2H3,(H,12,13). The van der Waals surface area contributed by atoms with Crippen LogP contribution in [0.1, 0.15) is 10.4 Å². The van der Waals surface area contributed by atoms with E-state index in [-0.39, 0.29) is 23.7 Å². The number of nitrogens with two attached hydrogens (primary N) is 1. The molecule has 100 valence electrons. The van der Waals surface area contributed by atoms with E-state index in [2.05, 4.69) is 15.0 Å². The molecular weight excluding hydrogens is 258 g/mol. The molecule has 1 rings (SSSR count). The lowest BCUT2D eigenvalue weighted by Crippen LogP contribution is -2.17. The Morgan fingerprint density at radius 3 is 2.78 bits per heavy atom. The highest BCUT2D eigenvalue weighted by molar-refractivity contribution is 7.90. The lowest BCUT2D eigenvalue weighted by molar-refractivity contribution is 0.0601. The molecule has 0 aromatic carbocycles. The number of nitrogen functional groups attached to an aromatic ring is 1. The molecule has 0 spiro atoms. The number of esters is 1. The molecule has 18 heavy (non-hydrogen) atoms. The molecule has 0 aliphatic rings. The number of anilines is 2. The van der Waals surface area contributed by atoms with Crippen molar-refractivity contribution >= 4 is 27.3 Å². The fraction of sp³-hybridized carbons (Fsp3) is 0.400. The Bertz CT molecular complexity index is 542. The average molecular weight is 273 g/mol. The Labute approximate surface area is 105 Å². The Kier molecular flexibility index (Phi) is 4.49. The van der Waals surface area contributed by atoms with Crippen LogP contribution in [0.3, 0.4) is 0 Å². The van der Waals surface area contributed by atoms with Crippen molar-refractivity contribution in [1.82, 2.24) is 4.98 Å². The number of nitrogens with one attached hydrogen (secondary N) is 1. The number of rotatable bonds is 5. The van der Waals surface area contributed by atoms with Crippen LogP contribution in [0.15, 0.2) is 12.3 Å². The summed E-state index contributed by atoms with van der Waals surface area (Å²) >= 11 is 0. The van der Waals surface area contributed by atoms with Crippen molar-refractivity contribution in [2.45, 2.75) is 0 Å². The average Bonchev–Trinajstić information content (AvgIpc) is 2.28. The molecule has 0 aliphatic carbocycles. The van der Waals surface area contributed by atoms with Gasteiger partial charge in [-0.1, -0.05) is 0 Å². The van der Waals surface area contributed by atoms with E-state index in [1.54, 1.807) is 0 Å². The number of aromatic nitrogens is 1. The summed E-state index contributed by atoms with van der Waals surface area (Å²) in [7, 11) is -1.83. The molecule has 0 atom stereocenters. The van der Waals surface area contributed by atoms with Crippen molar-refractivity contribution in [3.8, 4) is 0 Å². The summed E-state index contributed by atoms with van der Waals surface area (Å²) in [5.41, 5.74) is 6.02. The van der Waals surface area contributed by atoms with Crippen molar-refractivity contribution in [3.05, 3.63) is 17.8 Å². The first-order chi connectivity index (χ1) is 8.33. The normalized spacial score (nSPS) is 11.0.